The van der Waals surface area contributed by atoms with E-state index >= 15 is 0 Å². The summed E-state index contributed by atoms with van der Waals surface area (Å²) in [6.07, 6.45) is 7.88. The van der Waals surface area contributed by atoms with E-state index in [4.69, 9.17) is 0 Å². The summed E-state index contributed by atoms with van der Waals surface area (Å²) in [5.41, 5.74) is 0.857. The summed E-state index contributed by atoms with van der Waals surface area (Å²) in [5.74, 6) is 0.950. The van der Waals surface area contributed by atoms with Crippen molar-refractivity contribution in [1.82, 2.24) is 10.6 Å². The molecule has 126 valence electrons. The Morgan fingerprint density at radius 1 is 1.30 bits per heavy atom. The van der Waals surface area contributed by atoms with Crippen molar-refractivity contribution >= 4 is 21.8 Å². The number of hydrogen-bond acceptors (Lipinski definition) is 2. The number of carbonyl (C=O) groups is 1. The molecule has 1 aliphatic carbocycles. The zero-order valence-corrected chi connectivity index (χ0v) is 15.3. The van der Waals surface area contributed by atoms with E-state index in [1.165, 1.54) is 18.4 Å². The lowest BCUT2D eigenvalue weighted by Crippen LogP contribution is -2.43. The lowest BCUT2D eigenvalue weighted by Gasteiger charge is -2.29. The van der Waals surface area contributed by atoms with E-state index < -0.39 is 0 Å². The van der Waals surface area contributed by atoms with Gasteiger partial charge in [-0.25, -0.2) is 0 Å². The van der Waals surface area contributed by atoms with Gasteiger partial charge in [-0.3, -0.25) is 4.79 Å². The number of benzene rings is 1. The first kappa shape index (κ1) is 17.0. The number of nitrogens with one attached hydrogen (secondary N) is 2. The van der Waals surface area contributed by atoms with Gasteiger partial charge in [-0.1, -0.05) is 40.9 Å². The van der Waals surface area contributed by atoms with Gasteiger partial charge >= 0.3 is 0 Å². The van der Waals surface area contributed by atoms with E-state index in [1.54, 1.807) is 0 Å². The van der Waals surface area contributed by atoms with Gasteiger partial charge in [0.05, 0.1) is 5.41 Å². The molecule has 2 N–H and O–H groups in total. The van der Waals surface area contributed by atoms with Gasteiger partial charge in [-0.15, -0.1) is 0 Å². The fourth-order valence-corrected chi connectivity index (χ4v) is 4.54. The maximum atomic E-state index is 13.0. The Balaban J connectivity index is 1.62. The van der Waals surface area contributed by atoms with Crippen LogP contribution in [0, 0.1) is 5.92 Å². The van der Waals surface area contributed by atoms with Crippen LogP contribution in [0.5, 0.6) is 0 Å². The van der Waals surface area contributed by atoms with E-state index in [0.29, 0.717) is 0 Å². The van der Waals surface area contributed by atoms with Crippen LogP contribution < -0.4 is 10.6 Å². The number of hydrogen-bond donors (Lipinski definition) is 2. The number of halogens is 1. The van der Waals surface area contributed by atoms with E-state index in [2.05, 4.69) is 38.7 Å². The average Bonchev–Trinajstić information content (AvgIpc) is 3.07. The third-order valence-electron chi connectivity index (χ3n) is 5.51. The normalized spacial score (nSPS) is 23.6. The number of amides is 1. The van der Waals surface area contributed by atoms with Gasteiger partial charge < -0.3 is 10.6 Å². The molecule has 2 aliphatic rings. The molecule has 4 heteroatoms. The highest BCUT2D eigenvalue weighted by molar-refractivity contribution is 9.10. The molecular weight excluding hydrogens is 352 g/mol. The van der Waals surface area contributed by atoms with Crippen LogP contribution in [0.3, 0.4) is 0 Å². The van der Waals surface area contributed by atoms with Crippen LogP contribution in [0.15, 0.2) is 28.7 Å². The summed E-state index contributed by atoms with van der Waals surface area (Å²) in [5, 5.41) is 6.70. The molecule has 1 saturated heterocycles. The quantitative estimate of drug-likeness (QED) is 0.818. The van der Waals surface area contributed by atoms with Crippen LogP contribution in [-0.2, 0) is 10.2 Å². The maximum absolute atomic E-state index is 13.0. The summed E-state index contributed by atoms with van der Waals surface area (Å²) in [4.78, 5) is 13.0. The molecule has 1 aliphatic heterocycles. The van der Waals surface area contributed by atoms with Gasteiger partial charge in [0.2, 0.25) is 5.91 Å². The molecule has 1 amide bonds. The van der Waals surface area contributed by atoms with Crippen molar-refractivity contribution in [3.63, 3.8) is 0 Å². The SMILES string of the molecule is O=C(NCCC1CCCNC1)C1(c2cccc(Br)c2)CCCC1. The average molecular weight is 379 g/mol. The Labute approximate surface area is 147 Å². The Hall–Kier alpha value is -0.870. The molecule has 1 unspecified atom stereocenters. The third-order valence-corrected chi connectivity index (χ3v) is 6.00. The third kappa shape index (κ3) is 3.97. The zero-order valence-electron chi connectivity index (χ0n) is 13.7. The van der Waals surface area contributed by atoms with Crippen LogP contribution >= 0.6 is 15.9 Å². The molecule has 1 atom stereocenters. The molecule has 0 radical (unpaired) electrons. The highest BCUT2D eigenvalue weighted by atomic mass is 79.9. The fourth-order valence-electron chi connectivity index (χ4n) is 4.14. The predicted molar refractivity (Wildman–Crippen MR) is 97.5 cm³/mol. The van der Waals surface area contributed by atoms with Gasteiger partial charge in [-0.2, -0.15) is 0 Å². The van der Waals surface area contributed by atoms with E-state index in [1.807, 2.05) is 12.1 Å². The summed E-state index contributed by atoms with van der Waals surface area (Å²) < 4.78 is 1.06. The largest absolute Gasteiger partial charge is 0.355 e. The van der Waals surface area contributed by atoms with Crippen molar-refractivity contribution in [3.8, 4) is 0 Å². The molecular formula is C19H27BrN2O. The van der Waals surface area contributed by atoms with Crippen molar-refractivity contribution in [2.24, 2.45) is 5.92 Å². The minimum Gasteiger partial charge on any atom is -0.355 e. The van der Waals surface area contributed by atoms with Gasteiger partial charge in [0, 0.05) is 11.0 Å². The fraction of sp³-hybridized carbons (Fsp3) is 0.632. The minimum atomic E-state index is -0.311. The van der Waals surface area contributed by atoms with Crippen LogP contribution in [0.4, 0.5) is 0 Å². The summed E-state index contributed by atoms with van der Waals surface area (Å²) in [6.45, 7) is 3.06. The van der Waals surface area contributed by atoms with Gasteiger partial charge in [0.15, 0.2) is 0 Å². The van der Waals surface area contributed by atoms with Crippen molar-refractivity contribution < 1.29 is 4.79 Å². The number of piperidine rings is 1. The first-order valence-corrected chi connectivity index (χ1v) is 9.75. The number of rotatable bonds is 5. The van der Waals surface area contributed by atoms with E-state index in [-0.39, 0.29) is 11.3 Å². The molecule has 0 aromatic heterocycles. The lowest BCUT2D eigenvalue weighted by atomic mass is 9.78. The molecule has 2 fully saturated rings. The highest BCUT2D eigenvalue weighted by Gasteiger charge is 2.42. The molecule has 3 nitrogen and oxygen atoms in total. The minimum absolute atomic E-state index is 0.233. The predicted octanol–water partition coefficient (Wildman–Crippen LogP) is 3.77. The first-order valence-electron chi connectivity index (χ1n) is 8.96. The van der Waals surface area contributed by atoms with Crippen LogP contribution in [0.2, 0.25) is 0 Å². The molecule has 3 rings (SSSR count). The Kier molecular flexibility index (Phi) is 5.76. The Morgan fingerprint density at radius 3 is 2.83 bits per heavy atom. The molecule has 0 bridgehead atoms. The first-order chi connectivity index (χ1) is 11.2. The van der Waals surface area contributed by atoms with E-state index in [9.17, 15) is 4.79 Å². The monoisotopic (exact) mass is 378 g/mol. The highest BCUT2D eigenvalue weighted by Crippen LogP contribution is 2.42. The summed E-state index contributed by atoms with van der Waals surface area (Å²) >= 11 is 3.55. The van der Waals surface area contributed by atoms with Crippen LogP contribution in [0.25, 0.3) is 0 Å². The van der Waals surface area contributed by atoms with Crippen molar-refractivity contribution in [2.75, 3.05) is 19.6 Å². The molecule has 1 saturated carbocycles. The Morgan fingerprint density at radius 2 is 2.13 bits per heavy atom. The summed E-state index contributed by atoms with van der Waals surface area (Å²) in [6, 6.07) is 8.30. The van der Waals surface area contributed by atoms with Crippen LogP contribution in [-0.4, -0.2) is 25.5 Å². The molecule has 1 aromatic carbocycles. The maximum Gasteiger partial charge on any atom is 0.230 e. The standard InChI is InChI=1S/C19H27BrN2O/c20-17-7-3-6-16(13-17)19(9-1-2-10-19)18(23)22-12-8-15-5-4-11-21-14-15/h3,6-7,13,15,21H,1-2,4-5,8-12,14H2,(H,22,23). The van der Waals surface area contributed by atoms with Crippen molar-refractivity contribution in [2.45, 2.75) is 50.4 Å². The zero-order chi connectivity index (χ0) is 16.1. The molecule has 0 spiro atoms. The molecule has 1 heterocycles. The molecule has 23 heavy (non-hydrogen) atoms. The van der Waals surface area contributed by atoms with Crippen molar-refractivity contribution in [3.05, 3.63) is 34.3 Å². The molecule has 1 aromatic rings. The van der Waals surface area contributed by atoms with Crippen molar-refractivity contribution in [1.29, 1.82) is 0 Å². The second-order valence-corrected chi connectivity index (χ2v) is 7.97. The van der Waals surface area contributed by atoms with E-state index in [0.717, 1.165) is 62.1 Å². The van der Waals surface area contributed by atoms with Gasteiger partial charge in [0.25, 0.3) is 0 Å². The second-order valence-electron chi connectivity index (χ2n) is 7.06. The smallest absolute Gasteiger partial charge is 0.230 e. The van der Waals surface area contributed by atoms with Gasteiger partial charge in [0.1, 0.15) is 0 Å². The Bertz CT molecular complexity index is 534. The second kappa shape index (κ2) is 7.80. The summed E-state index contributed by atoms with van der Waals surface area (Å²) in [7, 11) is 0. The lowest BCUT2D eigenvalue weighted by molar-refractivity contribution is -0.126. The topological polar surface area (TPSA) is 41.1 Å². The van der Waals surface area contributed by atoms with Crippen LogP contribution in [0.1, 0.15) is 50.5 Å². The van der Waals surface area contributed by atoms with Gasteiger partial charge in [-0.05, 0) is 68.8 Å². The number of carbonyl (C=O) groups excluding carboxylic acids is 1.